The highest BCUT2D eigenvalue weighted by Crippen LogP contribution is 2.36. The number of phenols is 1. The smallest absolute Gasteiger partial charge is 0.257 e. The standard InChI is InChI=1S/C20H20N2O3.C2H2O2.C2H6/c1-4-13-14-8-12(23)5-6-17(14)21-19-15(13)9-22-18(19)7-11(2)16(10-25-3)20(22)24;3-1-2-4;1-2/h5-8,23H,4,9-10H2,1-3H3;1-2H;1-2H3. The molecule has 0 saturated carbocycles. The molecule has 0 amide bonds. The molecule has 1 aromatic carbocycles. The summed E-state index contributed by atoms with van der Waals surface area (Å²) in [5.41, 5.74) is 6.41. The molecule has 3 aromatic rings. The van der Waals surface area contributed by atoms with E-state index < -0.39 is 0 Å². The number of carbonyl (C=O) groups is 2. The summed E-state index contributed by atoms with van der Waals surface area (Å²) in [7, 11) is 1.60. The van der Waals surface area contributed by atoms with Crippen LogP contribution in [0.2, 0.25) is 0 Å². The molecular formula is C24H28N2O5. The summed E-state index contributed by atoms with van der Waals surface area (Å²) in [6.07, 6.45) is 1.21. The molecule has 0 bridgehead atoms. The summed E-state index contributed by atoms with van der Waals surface area (Å²) in [6, 6.07) is 7.27. The SMILES string of the molecule is CC.CCc1c2c(nc3ccc(O)cc13)-c1cc(C)c(COC)c(=O)n1C2.O=CC=O. The number of methoxy groups -OCH3 is 1. The number of benzene rings is 1. The number of pyridine rings is 2. The van der Waals surface area contributed by atoms with Gasteiger partial charge in [-0.25, -0.2) is 4.98 Å². The van der Waals surface area contributed by atoms with Crippen molar-refractivity contribution < 1.29 is 19.4 Å². The predicted octanol–water partition coefficient (Wildman–Crippen LogP) is 3.56. The van der Waals surface area contributed by atoms with Gasteiger partial charge in [-0.15, -0.1) is 0 Å². The lowest BCUT2D eigenvalue weighted by Crippen LogP contribution is -2.24. The van der Waals surface area contributed by atoms with Crippen molar-refractivity contribution in [3.8, 4) is 17.1 Å². The largest absolute Gasteiger partial charge is 0.508 e. The number of nitrogens with zero attached hydrogens (tertiary/aromatic N) is 2. The van der Waals surface area contributed by atoms with Gasteiger partial charge in [-0.05, 0) is 48.7 Å². The topological polar surface area (TPSA) is 98.5 Å². The molecule has 1 aliphatic heterocycles. The third-order valence-electron chi connectivity index (χ3n) is 5.07. The Morgan fingerprint density at radius 3 is 2.42 bits per heavy atom. The monoisotopic (exact) mass is 424 g/mol. The molecule has 164 valence electrons. The van der Waals surface area contributed by atoms with Crippen LogP contribution in [-0.2, 0) is 33.9 Å². The number of ether oxygens (including phenoxy) is 1. The molecule has 4 rings (SSSR count). The van der Waals surface area contributed by atoms with E-state index in [1.807, 2.05) is 32.9 Å². The molecule has 3 heterocycles. The Labute approximate surface area is 181 Å². The van der Waals surface area contributed by atoms with Gasteiger partial charge in [-0.3, -0.25) is 14.4 Å². The molecule has 0 radical (unpaired) electrons. The Hall–Kier alpha value is -3.32. The highest BCUT2D eigenvalue weighted by atomic mass is 16.5. The Balaban J connectivity index is 0.000000513. The number of aromatic nitrogens is 2. The fourth-order valence-corrected chi connectivity index (χ4v) is 3.78. The molecule has 1 N–H and O–H groups in total. The van der Waals surface area contributed by atoms with Crippen molar-refractivity contribution in [3.63, 3.8) is 0 Å². The zero-order chi connectivity index (χ0) is 23.1. The van der Waals surface area contributed by atoms with Gasteiger partial charge in [0.1, 0.15) is 5.75 Å². The summed E-state index contributed by atoms with van der Waals surface area (Å²) in [4.78, 5) is 35.3. The Morgan fingerprint density at radius 2 is 1.84 bits per heavy atom. The van der Waals surface area contributed by atoms with E-state index in [0.29, 0.717) is 18.7 Å². The third kappa shape index (κ3) is 4.56. The zero-order valence-corrected chi connectivity index (χ0v) is 18.6. The number of aldehydes is 2. The average Bonchev–Trinajstić information content (AvgIpc) is 3.14. The van der Waals surface area contributed by atoms with Crippen LogP contribution >= 0.6 is 0 Å². The summed E-state index contributed by atoms with van der Waals surface area (Å²) in [5.74, 6) is 0.231. The van der Waals surface area contributed by atoms with Gasteiger partial charge in [-0.1, -0.05) is 20.8 Å². The van der Waals surface area contributed by atoms with E-state index in [-0.39, 0.29) is 23.9 Å². The fraction of sp³-hybridized carbons (Fsp3) is 0.333. The lowest BCUT2D eigenvalue weighted by Gasteiger charge is -2.10. The molecular weight excluding hydrogens is 396 g/mol. The van der Waals surface area contributed by atoms with Crippen molar-refractivity contribution in [1.82, 2.24) is 9.55 Å². The second-order valence-corrected chi connectivity index (χ2v) is 6.76. The van der Waals surface area contributed by atoms with Gasteiger partial charge in [0, 0.05) is 23.6 Å². The Morgan fingerprint density at radius 1 is 1.16 bits per heavy atom. The van der Waals surface area contributed by atoms with Crippen molar-refractivity contribution in [1.29, 1.82) is 0 Å². The molecule has 0 spiro atoms. The quantitative estimate of drug-likeness (QED) is 0.397. The van der Waals surface area contributed by atoms with Crippen LogP contribution in [0.4, 0.5) is 0 Å². The Bertz CT molecular complexity index is 1160. The summed E-state index contributed by atoms with van der Waals surface area (Å²) in [5, 5.41) is 10.8. The van der Waals surface area contributed by atoms with Gasteiger partial charge in [0.25, 0.3) is 5.56 Å². The van der Waals surface area contributed by atoms with E-state index in [9.17, 15) is 9.90 Å². The highest BCUT2D eigenvalue weighted by molar-refractivity contribution is 6.09. The molecule has 7 nitrogen and oxygen atoms in total. The van der Waals surface area contributed by atoms with Crippen molar-refractivity contribution in [2.75, 3.05) is 7.11 Å². The van der Waals surface area contributed by atoms with Crippen LogP contribution in [0.15, 0.2) is 29.1 Å². The van der Waals surface area contributed by atoms with Gasteiger partial charge in [-0.2, -0.15) is 0 Å². The minimum absolute atomic E-state index is 0.0104. The summed E-state index contributed by atoms with van der Waals surface area (Å²) >= 11 is 0. The predicted molar refractivity (Wildman–Crippen MR) is 121 cm³/mol. The van der Waals surface area contributed by atoms with E-state index in [2.05, 4.69) is 6.92 Å². The number of rotatable bonds is 4. The molecule has 0 aliphatic carbocycles. The molecule has 0 saturated heterocycles. The maximum atomic E-state index is 12.9. The number of hydrogen-bond acceptors (Lipinski definition) is 6. The van der Waals surface area contributed by atoms with Crippen molar-refractivity contribution >= 4 is 23.5 Å². The summed E-state index contributed by atoms with van der Waals surface area (Å²) in [6.45, 7) is 8.86. The van der Waals surface area contributed by atoms with E-state index in [1.54, 1.807) is 23.8 Å². The number of fused-ring (bicyclic) bond motifs is 4. The average molecular weight is 424 g/mol. The van der Waals surface area contributed by atoms with Crippen molar-refractivity contribution in [2.24, 2.45) is 0 Å². The van der Waals surface area contributed by atoms with Crippen LogP contribution < -0.4 is 5.56 Å². The second kappa shape index (κ2) is 10.6. The first-order valence-corrected chi connectivity index (χ1v) is 10.2. The van der Waals surface area contributed by atoms with Crippen LogP contribution in [0, 0.1) is 6.92 Å². The van der Waals surface area contributed by atoms with E-state index in [1.165, 1.54) is 0 Å². The first kappa shape index (κ1) is 24.0. The zero-order valence-electron chi connectivity index (χ0n) is 18.6. The van der Waals surface area contributed by atoms with Crippen LogP contribution in [0.3, 0.4) is 0 Å². The third-order valence-corrected chi connectivity index (χ3v) is 5.07. The first-order valence-electron chi connectivity index (χ1n) is 10.2. The molecule has 0 fully saturated rings. The van der Waals surface area contributed by atoms with E-state index in [4.69, 9.17) is 19.3 Å². The van der Waals surface area contributed by atoms with Crippen LogP contribution in [0.1, 0.15) is 43.0 Å². The fourth-order valence-electron chi connectivity index (χ4n) is 3.78. The van der Waals surface area contributed by atoms with Gasteiger partial charge >= 0.3 is 0 Å². The molecule has 1 aliphatic rings. The maximum Gasteiger partial charge on any atom is 0.257 e. The number of hydrogen-bond donors (Lipinski definition) is 1. The van der Waals surface area contributed by atoms with Crippen LogP contribution in [-0.4, -0.2) is 34.3 Å². The van der Waals surface area contributed by atoms with Crippen molar-refractivity contribution in [2.45, 2.75) is 47.3 Å². The van der Waals surface area contributed by atoms with Crippen molar-refractivity contribution in [3.05, 3.63) is 56.9 Å². The minimum Gasteiger partial charge on any atom is -0.508 e. The molecule has 7 heteroatoms. The summed E-state index contributed by atoms with van der Waals surface area (Å²) < 4.78 is 6.98. The van der Waals surface area contributed by atoms with Gasteiger partial charge in [0.2, 0.25) is 0 Å². The molecule has 31 heavy (non-hydrogen) atoms. The lowest BCUT2D eigenvalue weighted by atomic mass is 9.98. The van der Waals surface area contributed by atoms with E-state index in [0.717, 1.165) is 45.4 Å². The van der Waals surface area contributed by atoms with Crippen LogP contribution in [0.25, 0.3) is 22.3 Å². The number of carbonyl (C=O) groups excluding carboxylic acids is 2. The molecule has 2 aromatic heterocycles. The molecule has 0 atom stereocenters. The first-order chi connectivity index (χ1) is 15.0. The highest BCUT2D eigenvalue weighted by Gasteiger charge is 2.26. The van der Waals surface area contributed by atoms with Gasteiger partial charge in [0.15, 0.2) is 12.6 Å². The normalized spacial score (nSPS) is 10.9. The molecule has 0 unspecified atom stereocenters. The number of aryl methyl sites for hydroxylation is 2. The minimum atomic E-state index is -0.0104. The van der Waals surface area contributed by atoms with Gasteiger partial charge in [0.05, 0.1) is 30.1 Å². The van der Waals surface area contributed by atoms with Gasteiger partial charge < -0.3 is 14.4 Å². The van der Waals surface area contributed by atoms with E-state index >= 15 is 0 Å². The number of aromatic hydroxyl groups is 1. The second-order valence-electron chi connectivity index (χ2n) is 6.76. The maximum absolute atomic E-state index is 12.9. The number of phenolic OH excluding ortho intramolecular Hbond substituents is 1. The Kier molecular flexibility index (Phi) is 8.22. The lowest BCUT2D eigenvalue weighted by molar-refractivity contribution is -0.122. The van der Waals surface area contributed by atoms with Crippen LogP contribution in [0.5, 0.6) is 5.75 Å².